The summed E-state index contributed by atoms with van der Waals surface area (Å²) in [6.45, 7) is 1.99. The molecule has 0 bridgehead atoms. The van der Waals surface area contributed by atoms with Crippen LogP contribution in [0.2, 0.25) is 0 Å². The predicted molar refractivity (Wildman–Crippen MR) is 63.8 cm³/mol. The van der Waals surface area contributed by atoms with Crippen molar-refractivity contribution in [1.82, 2.24) is 5.32 Å². The van der Waals surface area contributed by atoms with Gasteiger partial charge < -0.3 is 10.6 Å². The van der Waals surface area contributed by atoms with E-state index < -0.39 is 35.2 Å². The highest BCUT2D eigenvalue weighted by molar-refractivity contribution is 5.89. The maximum Gasteiger partial charge on any atom is 0.416 e. The molecule has 0 aromatic heterocycles. The number of anilines is 1. The van der Waals surface area contributed by atoms with Crippen LogP contribution >= 0.6 is 0 Å². The first-order valence-electron chi connectivity index (χ1n) is 5.88. The largest absolute Gasteiger partial charge is 0.416 e. The van der Waals surface area contributed by atoms with Gasteiger partial charge in [-0.05, 0) is 24.6 Å². The predicted octanol–water partition coefficient (Wildman–Crippen LogP) is 4.26. The second-order valence-corrected chi connectivity index (χ2v) is 4.18. The number of hydrogen-bond acceptors (Lipinski definition) is 1. The molecule has 0 fully saturated rings. The standard InChI is InChI=1S/C12H12F6N2O/c1-2-3-19-10(21)20-9-5-7(11(13,14)15)4-8(6-9)12(16,17)18/h4-6H,2-3H2,1H3,(H2,19,20,21). The molecule has 0 spiro atoms. The lowest BCUT2D eigenvalue weighted by Gasteiger charge is -2.15. The molecule has 21 heavy (non-hydrogen) atoms. The van der Waals surface area contributed by atoms with Crippen LogP contribution in [-0.4, -0.2) is 12.6 Å². The summed E-state index contributed by atoms with van der Waals surface area (Å²) in [5, 5.41) is 4.24. The third-order valence-electron chi connectivity index (χ3n) is 2.38. The van der Waals surface area contributed by atoms with Crippen LogP contribution in [0.5, 0.6) is 0 Å². The van der Waals surface area contributed by atoms with Gasteiger partial charge in [0.15, 0.2) is 0 Å². The molecule has 1 aromatic carbocycles. The Kier molecular flexibility index (Phi) is 5.08. The minimum absolute atomic E-state index is 0.00483. The van der Waals surface area contributed by atoms with Gasteiger partial charge in [0.2, 0.25) is 0 Å². The first-order valence-corrected chi connectivity index (χ1v) is 5.88. The second-order valence-electron chi connectivity index (χ2n) is 4.18. The smallest absolute Gasteiger partial charge is 0.338 e. The van der Waals surface area contributed by atoms with Crippen LogP contribution in [-0.2, 0) is 12.4 Å². The van der Waals surface area contributed by atoms with Crippen LogP contribution in [0.25, 0.3) is 0 Å². The third-order valence-corrected chi connectivity index (χ3v) is 2.38. The molecular formula is C12H12F6N2O. The van der Waals surface area contributed by atoms with E-state index in [0.717, 1.165) is 0 Å². The summed E-state index contributed by atoms with van der Waals surface area (Å²) >= 11 is 0. The number of nitrogens with one attached hydrogen (secondary N) is 2. The number of carbonyl (C=O) groups is 1. The number of halogens is 6. The number of urea groups is 1. The summed E-state index contributed by atoms with van der Waals surface area (Å²) in [7, 11) is 0. The van der Waals surface area contributed by atoms with Gasteiger partial charge in [-0.2, -0.15) is 26.3 Å². The Morgan fingerprint density at radius 3 is 1.86 bits per heavy atom. The first kappa shape index (κ1) is 17.1. The highest BCUT2D eigenvalue weighted by atomic mass is 19.4. The van der Waals surface area contributed by atoms with E-state index in [2.05, 4.69) is 5.32 Å². The van der Waals surface area contributed by atoms with Crippen LogP contribution < -0.4 is 10.6 Å². The Hall–Kier alpha value is -1.93. The van der Waals surface area contributed by atoms with Gasteiger partial charge in [-0.25, -0.2) is 4.79 Å². The van der Waals surface area contributed by atoms with Gasteiger partial charge in [0.25, 0.3) is 0 Å². The molecular weight excluding hydrogens is 302 g/mol. The van der Waals surface area contributed by atoms with E-state index in [9.17, 15) is 31.1 Å². The number of amides is 2. The maximum atomic E-state index is 12.6. The molecule has 0 aliphatic heterocycles. The van der Waals surface area contributed by atoms with Gasteiger partial charge in [-0.1, -0.05) is 6.92 Å². The zero-order valence-electron chi connectivity index (χ0n) is 10.8. The van der Waals surface area contributed by atoms with Gasteiger partial charge in [0.1, 0.15) is 0 Å². The van der Waals surface area contributed by atoms with Crippen LogP contribution in [0.4, 0.5) is 36.8 Å². The van der Waals surface area contributed by atoms with Crippen LogP contribution in [0.1, 0.15) is 24.5 Å². The molecule has 3 nitrogen and oxygen atoms in total. The fraction of sp³-hybridized carbons (Fsp3) is 0.417. The van der Waals surface area contributed by atoms with E-state index >= 15 is 0 Å². The SMILES string of the molecule is CCCNC(=O)Nc1cc(C(F)(F)F)cc(C(F)(F)F)c1. The van der Waals surface area contributed by atoms with Gasteiger partial charge in [-0.3, -0.25) is 0 Å². The normalized spacial score (nSPS) is 12.1. The first-order chi connectivity index (χ1) is 9.54. The lowest BCUT2D eigenvalue weighted by molar-refractivity contribution is -0.143. The average Bonchev–Trinajstić information content (AvgIpc) is 2.34. The van der Waals surface area contributed by atoms with Crippen molar-refractivity contribution in [2.24, 2.45) is 0 Å². The van der Waals surface area contributed by atoms with Crippen molar-refractivity contribution in [3.05, 3.63) is 29.3 Å². The summed E-state index contributed by atoms with van der Waals surface area (Å²) in [6.07, 6.45) is -9.32. The van der Waals surface area contributed by atoms with Crippen molar-refractivity contribution >= 4 is 11.7 Å². The lowest BCUT2D eigenvalue weighted by atomic mass is 10.1. The highest BCUT2D eigenvalue weighted by Crippen LogP contribution is 2.37. The van der Waals surface area contributed by atoms with E-state index in [0.29, 0.717) is 18.6 Å². The summed E-state index contributed by atoms with van der Waals surface area (Å²) in [5.74, 6) is 0. The van der Waals surface area contributed by atoms with Gasteiger partial charge in [0, 0.05) is 12.2 Å². The van der Waals surface area contributed by atoms with E-state index in [1.165, 1.54) is 0 Å². The van der Waals surface area contributed by atoms with Crippen LogP contribution in [0.15, 0.2) is 18.2 Å². The summed E-state index contributed by atoms with van der Waals surface area (Å²) in [5.41, 5.74) is -3.54. The maximum absolute atomic E-state index is 12.6. The molecule has 1 rings (SSSR count). The number of alkyl halides is 6. The molecule has 2 amide bonds. The lowest BCUT2D eigenvalue weighted by Crippen LogP contribution is -2.29. The Morgan fingerprint density at radius 2 is 1.48 bits per heavy atom. The van der Waals surface area contributed by atoms with E-state index in [-0.39, 0.29) is 12.6 Å². The molecule has 0 aliphatic rings. The van der Waals surface area contributed by atoms with Gasteiger partial charge >= 0.3 is 18.4 Å². The zero-order chi connectivity index (χ0) is 16.3. The average molecular weight is 314 g/mol. The molecule has 1 aromatic rings. The quantitative estimate of drug-likeness (QED) is 0.804. The van der Waals surface area contributed by atoms with Gasteiger partial charge in [0.05, 0.1) is 11.1 Å². The topological polar surface area (TPSA) is 41.1 Å². The highest BCUT2D eigenvalue weighted by Gasteiger charge is 2.37. The molecule has 0 saturated heterocycles. The van der Waals surface area contributed by atoms with Crippen LogP contribution in [0.3, 0.4) is 0 Å². The van der Waals surface area contributed by atoms with Crippen molar-refractivity contribution in [1.29, 1.82) is 0 Å². The molecule has 0 heterocycles. The molecule has 2 N–H and O–H groups in total. The van der Waals surface area contributed by atoms with Crippen LogP contribution in [0, 0.1) is 0 Å². The Balaban J connectivity index is 3.11. The van der Waals surface area contributed by atoms with Crippen molar-refractivity contribution in [3.63, 3.8) is 0 Å². The van der Waals surface area contributed by atoms with Gasteiger partial charge in [-0.15, -0.1) is 0 Å². The number of carbonyl (C=O) groups excluding carboxylic acids is 1. The minimum Gasteiger partial charge on any atom is -0.338 e. The fourth-order valence-corrected chi connectivity index (χ4v) is 1.44. The zero-order valence-corrected chi connectivity index (χ0v) is 10.8. The summed E-state index contributed by atoms with van der Waals surface area (Å²) in [6, 6.07) is 0.0146. The number of benzene rings is 1. The molecule has 118 valence electrons. The summed E-state index contributed by atoms with van der Waals surface area (Å²) < 4.78 is 75.5. The summed E-state index contributed by atoms with van der Waals surface area (Å²) in [4.78, 5) is 11.3. The Morgan fingerprint density at radius 1 is 1.00 bits per heavy atom. The molecule has 0 aliphatic carbocycles. The molecule has 9 heteroatoms. The van der Waals surface area contributed by atoms with E-state index in [1.54, 1.807) is 6.92 Å². The van der Waals surface area contributed by atoms with E-state index in [4.69, 9.17) is 0 Å². The third kappa shape index (κ3) is 5.16. The Bertz CT molecular complexity index is 477. The molecule has 0 saturated carbocycles. The molecule has 0 atom stereocenters. The number of rotatable bonds is 3. The second kappa shape index (κ2) is 6.23. The Labute approximate surface area is 116 Å². The number of hydrogen-bond donors (Lipinski definition) is 2. The minimum atomic E-state index is -4.95. The van der Waals surface area contributed by atoms with Crippen molar-refractivity contribution in [2.75, 3.05) is 11.9 Å². The molecule has 0 radical (unpaired) electrons. The monoisotopic (exact) mass is 314 g/mol. The fourth-order valence-electron chi connectivity index (χ4n) is 1.44. The van der Waals surface area contributed by atoms with Crippen molar-refractivity contribution in [2.45, 2.75) is 25.7 Å². The molecule has 0 unspecified atom stereocenters. The van der Waals surface area contributed by atoms with Crippen molar-refractivity contribution < 1.29 is 31.1 Å². The van der Waals surface area contributed by atoms with Crippen molar-refractivity contribution in [3.8, 4) is 0 Å². The van der Waals surface area contributed by atoms with E-state index in [1.807, 2.05) is 5.32 Å².